The van der Waals surface area contributed by atoms with Crippen LogP contribution in [-0.2, 0) is 11.3 Å². The molecule has 0 aliphatic carbocycles. The third kappa shape index (κ3) is 3.74. The fourth-order valence-corrected chi connectivity index (χ4v) is 1.77. The molecule has 0 spiro atoms. The Hall–Kier alpha value is -2.50. The van der Waals surface area contributed by atoms with Gasteiger partial charge in [-0.2, -0.15) is 10.2 Å². The predicted octanol–water partition coefficient (Wildman–Crippen LogP) is 1.79. The van der Waals surface area contributed by atoms with E-state index in [1.54, 1.807) is 16.8 Å². The molecule has 1 heterocycles. The zero-order chi connectivity index (χ0) is 14.5. The fraction of sp³-hybridized carbons (Fsp3) is 0.214. The number of aromatic nitrogens is 2. The molecule has 1 aromatic heterocycles. The molecule has 1 N–H and O–H groups in total. The molecule has 0 atom stereocenters. The lowest BCUT2D eigenvalue weighted by molar-refractivity contribution is -0.121. The van der Waals surface area contributed by atoms with Gasteiger partial charge in [0.15, 0.2) is 0 Å². The van der Waals surface area contributed by atoms with Crippen molar-refractivity contribution in [1.29, 1.82) is 0 Å². The van der Waals surface area contributed by atoms with Gasteiger partial charge in [0, 0.05) is 5.69 Å². The van der Waals surface area contributed by atoms with Gasteiger partial charge in [0.05, 0.1) is 11.9 Å². The third-order valence-corrected chi connectivity index (χ3v) is 2.65. The van der Waals surface area contributed by atoms with E-state index >= 15 is 0 Å². The molecule has 0 saturated heterocycles. The highest BCUT2D eigenvalue weighted by molar-refractivity contribution is 5.82. The number of rotatable bonds is 4. The average Bonchev–Trinajstić information content (AvgIpc) is 2.68. The van der Waals surface area contributed by atoms with Gasteiger partial charge in [0.2, 0.25) is 0 Å². The minimum absolute atomic E-state index is 0.0974. The van der Waals surface area contributed by atoms with Crippen molar-refractivity contribution in [2.75, 3.05) is 0 Å². The lowest BCUT2D eigenvalue weighted by Crippen LogP contribution is -2.24. The van der Waals surface area contributed by atoms with Crippen molar-refractivity contribution in [3.63, 3.8) is 0 Å². The summed E-state index contributed by atoms with van der Waals surface area (Å²) in [6.07, 6.45) is 1.39. The van der Waals surface area contributed by atoms with Crippen molar-refractivity contribution < 1.29 is 9.18 Å². The number of aryl methyl sites for hydroxylation is 2. The number of carbonyl (C=O) groups is 1. The summed E-state index contributed by atoms with van der Waals surface area (Å²) < 4.78 is 14.5. The standard InChI is InChI=1S/C14H15FN4O/c1-10-6-11(2)19(18-10)9-14(20)17-16-8-12-4-3-5-13(15)7-12/h3-8H,9H2,1-2H3,(H,17,20)/b16-8-. The molecule has 104 valence electrons. The smallest absolute Gasteiger partial charge is 0.261 e. The number of hydrogen-bond acceptors (Lipinski definition) is 3. The molecule has 0 saturated carbocycles. The summed E-state index contributed by atoms with van der Waals surface area (Å²) >= 11 is 0. The SMILES string of the molecule is Cc1cc(C)n(CC(=O)N/N=C\c2cccc(F)c2)n1. The van der Waals surface area contributed by atoms with Crippen LogP contribution >= 0.6 is 0 Å². The highest BCUT2D eigenvalue weighted by Gasteiger charge is 2.05. The van der Waals surface area contributed by atoms with Gasteiger partial charge in [-0.25, -0.2) is 9.82 Å². The van der Waals surface area contributed by atoms with E-state index in [2.05, 4.69) is 15.6 Å². The monoisotopic (exact) mass is 274 g/mol. The molecule has 0 bridgehead atoms. The maximum absolute atomic E-state index is 12.9. The van der Waals surface area contributed by atoms with Crippen LogP contribution in [0.1, 0.15) is 17.0 Å². The van der Waals surface area contributed by atoms with Crippen LogP contribution in [0.5, 0.6) is 0 Å². The first-order chi connectivity index (χ1) is 9.54. The normalized spacial score (nSPS) is 10.9. The zero-order valence-electron chi connectivity index (χ0n) is 11.3. The lowest BCUT2D eigenvalue weighted by Gasteiger charge is -2.02. The van der Waals surface area contributed by atoms with Crippen LogP contribution in [-0.4, -0.2) is 21.9 Å². The van der Waals surface area contributed by atoms with E-state index < -0.39 is 0 Å². The molecule has 0 unspecified atom stereocenters. The van der Waals surface area contributed by atoms with E-state index in [1.165, 1.54) is 18.3 Å². The van der Waals surface area contributed by atoms with Gasteiger partial charge in [-0.3, -0.25) is 9.48 Å². The highest BCUT2D eigenvalue weighted by atomic mass is 19.1. The molecule has 1 aromatic carbocycles. The van der Waals surface area contributed by atoms with Gasteiger partial charge in [0.25, 0.3) is 5.91 Å². The fourth-order valence-electron chi connectivity index (χ4n) is 1.77. The first-order valence-corrected chi connectivity index (χ1v) is 6.13. The Morgan fingerprint density at radius 1 is 1.45 bits per heavy atom. The van der Waals surface area contributed by atoms with E-state index in [4.69, 9.17) is 0 Å². The van der Waals surface area contributed by atoms with E-state index in [1.807, 2.05) is 19.9 Å². The van der Waals surface area contributed by atoms with Crippen molar-refractivity contribution >= 4 is 12.1 Å². The average molecular weight is 274 g/mol. The Labute approximate surface area is 116 Å². The Morgan fingerprint density at radius 2 is 2.25 bits per heavy atom. The maximum atomic E-state index is 12.9. The summed E-state index contributed by atoms with van der Waals surface area (Å²) in [6.45, 7) is 3.84. The van der Waals surface area contributed by atoms with Gasteiger partial charge >= 0.3 is 0 Å². The van der Waals surface area contributed by atoms with Crippen molar-refractivity contribution in [3.8, 4) is 0 Å². The largest absolute Gasteiger partial charge is 0.271 e. The quantitative estimate of drug-likeness (QED) is 0.682. The van der Waals surface area contributed by atoms with Crippen molar-refractivity contribution in [2.45, 2.75) is 20.4 Å². The summed E-state index contributed by atoms with van der Waals surface area (Å²) in [5.41, 5.74) is 4.73. The number of carbonyl (C=O) groups excluding carboxylic acids is 1. The van der Waals surface area contributed by atoms with E-state index in [9.17, 15) is 9.18 Å². The number of hydrogen-bond donors (Lipinski definition) is 1. The number of hydrazone groups is 1. The molecule has 20 heavy (non-hydrogen) atoms. The van der Waals surface area contributed by atoms with Crippen molar-refractivity contribution in [2.24, 2.45) is 5.10 Å². The minimum Gasteiger partial charge on any atom is -0.271 e. The van der Waals surface area contributed by atoms with Crippen LogP contribution in [0.25, 0.3) is 0 Å². The second-order valence-electron chi connectivity index (χ2n) is 4.43. The summed E-state index contributed by atoms with van der Waals surface area (Å²) in [6, 6.07) is 7.84. The van der Waals surface area contributed by atoms with Gasteiger partial charge in [0.1, 0.15) is 12.4 Å². The molecule has 2 aromatic rings. The number of amides is 1. The molecule has 5 nitrogen and oxygen atoms in total. The summed E-state index contributed by atoms with van der Waals surface area (Å²) in [5, 5.41) is 7.97. The third-order valence-electron chi connectivity index (χ3n) is 2.65. The second-order valence-corrected chi connectivity index (χ2v) is 4.43. The summed E-state index contributed by atoms with van der Waals surface area (Å²) in [5.74, 6) is -0.633. The number of halogens is 1. The second kappa shape index (κ2) is 6.10. The maximum Gasteiger partial charge on any atom is 0.261 e. The Bertz CT molecular complexity index is 648. The first-order valence-electron chi connectivity index (χ1n) is 6.13. The molecule has 0 fully saturated rings. The molecule has 1 amide bonds. The van der Waals surface area contributed by atoms with Crippen LogP contribution in [0, 0.1) is 19.7 Å². The molecular weight excluding hydrogens is 259 g/mol. The molecule has 6 heteroatoms. The minimum atomic E-state index is -0.345. The van der Waals surface area contributed by atoms with E-state index in [0.29, 0.717) is 5.56 Å². The highest BCUT2D eigenvalue weighted by Crippen LogP contribution is 2.01. The topological polar surface area (TPSA) is 59.3 Å². The first kappa shape index (κ1) is 13.9. The summed E-state index contributed by atoms with van der Waals surface area (Å²) in [7, 11) is 0. The molecule has 2 rings (SSSR count). The van der Waals surface area contributed by atoms with Gasteiger partial charge < -0.3 is 0 Å². The van der Waals surface area contributed by atoms with Crippen molar-refractivity contribution in [3.05, 3.63) is 53.1 Å². The van der Waals surface area contributed by atoms with Crippen LogP contribution in [0.3, 0.4) is 0 Å². The van der Waals surface area contributed by atoms with Gasteiger partial charge in [-0.05, 0) is 37.6 Å². The van der Waals surface area contributed by atoms with Crippen LogP contribution in [0.4, 0.5) is 4.39 Å². The van der Waals surface area contributed by atoms with Crippen LogP contribution in [0.15, 0.2) is 35.4 Å². The zero-order valence-corrected chi connectivity index (χ0v) is 11.3. The molecule has 0 aliphatic rings. The summed E-state index contributed by atoms with van der Waals surface area (Å²) in [4.78, 5) is 11.7. The Morgan fingerprint density at radius 3 is 2.90 bits per heavy atom. The molecule has 0 aliphatic heterocycles. The van der Waals surface area contributed by atoms with E-state index in [0.717, 1.165) is 11.4 Å². The van der Waals surface area contributed by atoms with Crippen molar-refractivity contribution in [1.82, 2.24) is 15.2 Å². The number of benzene rings is 1. The number of nitrogens with one attached hydrogen (secondary N) is 1. The van der Waals surface area contributed by atoms with Gasteiger partial charge in [-0.15, -0.1) is 0 Å². The van der Waals surface area contributed by atoms with Crippen LogP contribution < -0.4 is 5.43 Å². The molecule has 0 radical (unpaired) electrons. The van der Waals surface area contributed by atoms with E-state index in [-0.39, 0.29) is 18.3 Å². The lowest BCUT2D eigenvalue weighted by atomic mass is 10.2. The number of nitrogens with zero attached hydrogens (tertiary/aromatic N) is 3. The predicted molar refractivity (Wildman–Crippen MR) is 73.8 cm³/mol. The molecular formula is C14H15FN4O. The Balaban J connectivity index is 1.91. The van der Waals surface area contributed by atoms with Gasteiger partial charge in [-0.1, -0.05) is 12.1 Å². The Kier molecular flexibility index (Phi) is 4.24. The van der Waals surface area contributed by atoms with Crippen LogP contribution in [0.2, 0.25) is 0 Å².